The number of likely N-dealkylation sites (tertiary alicyclic amines) is 1. The van der Waals surface area contributed by atoms with Crippen molar-refractivity contribution in [1.82, 2.24) is 4.90 Å². The van der Waals surface area contributed by atoms with Crippen molar-refractivity contribution >= 4 is 0 Å². The maximum absolute atomic E-state index is 6.70. The van der Waals surface area contributed by atoms with E-state index in [-0.39, 0.29) is 6.04 Å². The Morgan fingerprint density at radius 2 is 2.00 bits per heavy atom. The quantitative estimate of drug-likeness (QED) is 0.833. The Bertz CT molecular complexity index is 443. The highest BCUT2D eigenvalue weighted by Gasteiger charge is 2.33. The van der Waals surface area contributed by atoms with Crippen LogP contribution in [0.25, 0.3) is 0 Å². The third-order valence-corrected chi connectivity index (χ3v) is 5.34. The smallest absolute Gasteiger partial charge is 0.0455 e. The molecule has 1 saturated heterocycles. The van der Waals surface area contributed by atoms with Crippen LogP contribution in [0.15, 0.2) is 24.3 Å². The number of piperidine rings is 1. The average molecular weight is 272 g/mol. The van der Waals surface area contributed by atoms with E-state index in [2.05, 4.69) is 36.1 Å². The summed E-state index contributed by atoms with van der Waals surface area (Å²) in [6.07, 6.45) is 9.11. The van der Waals surface area contributed by atoms with E-state index < -0.39 is 0 Å². The summed E-state index contributed by atoms with van der Waals surface area (Å²) in [5, 5.41) is 0. The highest BCUT2D eigenvalue weighted by molar-refractivity contribution is 5.32. The van der Waals surface area contributed by atoms with E-state index in [1.54, 1.807) is 0 Å². The molecule has 1 heterocycles. The van der Waals surface area contributed by atoms with Gasteiger partial charge in [0.25, 0.3) is 0 Å². The summed E-state index contributed by atoms with van der Waals surface area (Å²) in [5.74, 6) is 0. The van der Waals surface area contributed by atoms with Gasteiger partial charge in [-0.2, -0.15) is 0 Å². The Labute approximate surface area is 123 Å². The van der Waals surface area contributed by atoms with Crippen LogP contribution >= 0.6 is 0 Å². The summed E-state index contributed by atoms with van der Waals surface area (Å²) in [6, 6.07) is 10.3. The first kappa shape index (κ1) is 14.1. The van der Waals surface area contributed by atoms with Crippen LogP contribution in [0.2, 0.25) is 0 Å². The summed E-state index contributed by atoms with van der Waals surface area (Å²) in [4.78, 5) is 2.75. The van der Waals surface area contributed by atoms with Crippen LogP contribution in [0.1, 0.15) is 62.6 Å². The topological polar surface area (TPSA) is 29.3 Å². The molecule has 2 N–H and O–H groups in total. The Kier molecular flexibility index (Phi) is 4.42. The standard InChI is InChI=1S/C18H28N2/c1-2-15-10-5-6-13-20(15)17-12-7-9-14-8-3-4-11-16(14)18(17)19/h3-4,8,11,15,17-18H,2,5-7,9-10,12-13,19H2,1H3. The van der Waals surface area contributed by atoms with E-state index in [1.165, 1.54) is 62.6 Å². The molecule has 0 saturated carbocycles. The monoisotopic (exact) mass is 272 g/mol. The van der Waals surface area contributed by atoms with Crippen LogP contribution in [0.4, 0.5) is 0 Å². The number of hydrogen-bond acceptors (Lipinski definition) is 2. The van der Waals surface area contributed by atoms with E-state index in [0.717, 1.165) is 6.04 Å². The Morgan fingerprint density at radius 1 is 1.15 bits per heavy atom. The van der Waals surface area contributed by atoms with Gasteiger partial charge in [-0.15, -0.1) is 0 Å². The van der Waals surface area contributed by atoms with Crippen molar-refractivity contribution in [3.05, 3.63) is 35.4 Å². The number of fused-ring (bicyclic) bond motifs is 1. The summed E-state index contributed by atoms with van der Waals surface area (Å²) < 4.78 is 0. The molecule has 0 spiro atoms. The second-order valence-corrected chi connectivity index (χ2v) is 6.48. The van der Waals surface area contributed by atoms with Crippen molar-refractivity contribution in [1.29, 1.82) is 0 Å². The van der Waals surface area contributed by atoms with Crippen molar-refractivity contribution in [2.45, 2.75) is 70.0 Å². The Balaban J connectivity index is 1.86. The minimum absolute atomic E-state index is 0.195. The van der Waals surface area contributed by atoms with Crippen LogP contribution in [0.3, 0.4) is 0 Å². The summed E-state index contributed by atoms with van der Waals surface area (Å²) >= 11 is 0. The number of benzene rings is 1. The lowest BCUT2D eigenvalue weighted by Gasteiger charge is -2.43. The second kappa shape index (κ2) is 6.28. The number of aryl methyl sites for hydroxylation is 1. The van der Waals surface area contributed by atoms with E-state index in [9.17, 15) is 0 Å². The molecule has 2 aliphatic rings. The van der Waals surface area contributed by atoms with Crippen molar-refractivity contribution in [2.75, 3.05) is 6.54 Å². The van der Waals surface area contributed by atoms with Gasteiger partial charge in [0.1, 0.15) is 0 Å². The maximum Gasteiger partial charge on any atom is 0.0455 e. The summed E-state index contributed by atoms with van der Waals surface area (Å²) in [7, 11) is 0. The highest BCUT2D eigenvalue weighted by atomic mass is 15.2. The van der Waals surface area contributed by atoms with Crippen molar-refractivity contribution in [2.24, 2.45) is 5.73 Å². The van der Waals surface area contributed by atoms with Gasteiger partial charge in [-0.25, -0.2) is 0 Å². The molecule has 110 valence electrons. The highest BCUT2D eigenvalue weighted by Crippen LogP contribution is 2.34. The van der Waals surface area contributed by atoms with E-state index >= 15 is 0 Å². The molecule has 2 nitrogen and oxygen atoms in total. The van der Waals surface area contributed by atoms with Crippen LogP contribution in [0, 0.1) is 0 Å². The summed E-state index contributed by atoms with van der Waals surface area (Å²) in [5.41, 5.74) is 9.57. The fourth-order valence-corrected chi connectivity index (χ4v) is 4.25. The fourth-order valence-electron chi connectivity index (χ4n) is 4.25. The molecular formula is C18H28N2. The Hall–Kier alpha value is -0.860. The lowest BCUT2D eigenvalue weighted by atomic mass is 9.91. The molecule has 1 aromatic carbocycles. The van der Waals surface area contributed by atoms with Gasteiger partial charge in [-0.1, -0.05) is 37.6 Å². The van der Waals surface area contributed by atoms with Crippen LogP contribution in [-0.2, 0) is 6.42 Å². The molecule has 1 aliphatic carbocycles. The van der Waals surface area contributed by atoms with Gasteiger partial charge in [0.2, 0.25) is 0 Å². The lowest BCUT2D eigenvalue weighted by Crippen LogP contribution is -2.50. The van der Waals surface area contributed by atoms with Crippen molar-refractivity contribution in [3.63, 3.8) is 0 Å². The van der Waals surface area contributed by atoms with E-state index in [4.69, 9.17) is 5.73 Å². The molecule has 3 atom stereocenters. The van der Waals surface area contributed by atoms with Gasteiger partial charge in [0, 0.05) is 18.1 Å². The van der Waals surface area contributed by atoms with Gasteiger partial charge in [0.15, 0.2) is 0 Å². The van der Waals surface area contributed by atoms with Gasteiger partial charge in [-0.05, 0) is 56.2 Å². The largest absolute Gasteiger partial charge is 0.323 e. The average Bonchev–Trinajstić information content (AvgIpc) is 2.67. The molecule has 1 aliphatic heterocycles. The molecule has 0 radical (unpaired) electrons. The molecule has 1 fully saturated rings. The van der Waals surface area contributed by atoms with E-state index in [0.29, 0.717) is 6.04 Å². The third-order valence-electron chi connectivity index (χ3n) is 5.34. The zero-order valence-electron chi connectivity index (χ0n) is 12.7. The van der Waals surface area contributed by atoms with Gasteiger partial charge >= 0.3 is 0 Å². The molecule has 3 rings (SSSR count). The number of hydrogen-bond donors (Lipinski definition) is 1. The predicted molar refractivity (Wildman–Crippen MR) is 84.7 cm³/mol. The minimum Gasteiger partial charge on any atom is -0.323 e. The molecule has 0 aromatic heterocycles. The molecule has 2 heteroatoms. The molecule has 1 aromatic rings. The minimum atomic E-state index is 0.195. The maximum atomic E-state index is 6.70. The molecule has 0 amide bonds. The van der Waals surface area contributed by atoms with Crippen LogP contribution < -0.4 is 5.73 Å². The number of nitrogens with two attached hydrogens (primary N) is 1. The van der Waals surface area contributed by atoms with Crippen molar-refractivity contribution in [3.8, 4) is 0 Å². The first-order chi connectivity index (χ1) is 9.81. The van der Waals surface area contributed by atoms with Crippen molar-refractivity contribution < 1.29 is 0 Å². The SMILES string of the molecule is CCC1CCCCN1C1CCCc2ccccc2C1N. The molecular weight excluding hydrogens is 244 g/mol. The zero-order valence-corrected chi connectivity index (χ0v) is 12.7. The molecule has 3 unspecified atom stereocenters. The number of nitrogens with zero attached hydrogens (tertiary/aromatic N) is 1. The number of rotatable bonds is 2. The zero-order chi connectivity index (χ0) is 13.9. The second-order valence-electron chi connectivity index (χ2n) is 6.48. The predicted octanol–water partition coefficient (Wildman–Crippen LogP) is 3.66. The van der Waals surface area contributed by atoms with Gasteiger partial charge in [0.05, 0.1) is 0 Å². The van der Waals surface area contributed by atoms with Gasteiger partial charge < -0.3 is 5.73 Å². The van der Waals surface area contributed by atoms with Crippen LogP contribution in [0.5, 0.6) is 0 Å². The first-order valence-electron chi connectivity index (χ1n) is 8.40. The lowest BCUT2D eigenvalue weighted by molar-refractivity contribution is 0.0724. The van der Waals surface area contributed by atoms with Gasteiger partial charge in [-0.3, -0.25) is 4.90 Å². The third kappa shape index (κ3) is 2.64. The first-order valence-corrected chi connectivity index (χ1v) is 8.40. The fraction of sp³-hybridized carbons (Fsp3) is 0.667. The van der Waals surface area contributed by atoms with E-state index in [1.807, 2.05) is 0 Å². The molecule has 20 heavy (non-hydrogen) atoms. The summed E-state index contributed by atoms with van der Waals surface area (Å²) in [6.45, 7) is 3.58. The van der Waals surface area contributed by atoms with Crippen LogP contribution in [-0.4, -0.2) is 23.5 Å². The molecule has 0 bridgehead atoms. The normalized spacial score (nSPS) is 31.6. The Morgan fingerprint density at radius 3 is 2.85 bits per heavy atom.